The number of aromatic nitrogens is 6. The Labute approximate surface area is 189 Å². The van der Waals surface area contributed by atoms with Gasteiger partial charge in [-0.25, -0.2) is 9.78 Å². The monoisotopic (exact) mass is 456 g/mol. The summed E-state index contributed by atoms with van der Waals surface area (Å²) >= 11 is 6.17. The summed E-state index contributed by atoms with van der Waals surface area (Å²) in [5.74, 6) is 0.989. The summed E-state index contributed by atoms with van der Waals surface area (Å²) in [6, 6.07) is 0.244. The number of hydrogen-bond acceptors (Lipinski definition) is 7. The second-order valence-corrected chi connectivity index (χ2v) is 8.63. The lowest BCUT2D eigenvalue weighted by Crippen LogP contribution is -2.51. The van der Waals surface area contributed by atoms with Crippen LogP contribution in [0.5, 0.6) is 0 Å². The van der Waals surface area contributed by atoms with Gasteiger partial charge in [0, 0.05) is 37.4 Å². The molecule has 2 aliphatic heterocycles. The van der Waals surface area contributed by atoms with Gasteiger partial charge in [0.15, 0.2) is 11.5 Å². The molecule has 0 aromatic carbocycles. The molecule has 2 aliphatic rings. The van der Waals surface area contributed by atoms with Crippen molar-refractivity contribution in [2.45, 2.75) is 31.8 Å². The van der Waals surface area contributed by atoms with Crippen LogP contribution >= 0.6 is 11.6 Å². The van der Waals surface area contributed by atoms with E-state index >= 15 is 0 Å². The maximum Gasteiger partial charge on any atom is 0.328 e. The van der Waals surface area contributed by atoms with Gasteiger partial charge in [-0.2, -0.15) is 9.97 Å². The van der Waals surface area contributed by atoms with Gasteiger partial charge in [0.1, 0.15) is 11.8 Å². The molecule has 0 saturated carbocycles. The molecule has 5 rings (SSSR count). The molecule has 168 valence electrons. The third kappa shape index (κ3) is 3.74. The van der Waals surface area contributed by atoms with Gasteiger partial charge < -0.3 is 20.4 Å². The number of anilines is 1. The Morgan fingerprint density at radius 1 is 1.34 bits per heavy atom. The quantitative estimate of drug-likeness (QED) is 0.521. The summed E-state index contributed by atoms with van der Waals surface area (Å²) in [4.78, 5) is 29.9. The van der Waals surface area contributed by atoms with E-state index in [0.29, 0.717) is 46.9 Å². The van der Waals surface area contributed by atoms with Gasteiger partial charge in [0.25, 0.3) is 0 Å². The summed E-state index contributed by atoms with van der Waals surface area (Å²) in [5.41, 5.74) is 2.36. The minimum absolute atomic E-state index is 0.0157. The third-order valence-corrected chi connectivity index (χ3v) is 5.92. The largest absolute Gasteiger partial charge is 0.381 e. The molecule has 3 aromatic heterocycles. The number of fused-ring (bicyclic) bond motifs is 1. The van der Waals surface area contributed by atoms with Crippen molar-refractivity contribution >= 4 is 40.7 Å². The molecule has 0 aliphatic carbocycles. The maximum absolute atomic E-state index is 13.0. The van der Waals surface area contributed by atoms with Crippen molar-refractivity contribution in [3.8, 4) is 5.95 Å². The fourth-order valence-corrected chi connectivity index (χ4v) is 4.19. The Balaban J connectivity index is 1.71. The van der Waals surface area contributed by atoms with Crippen LogP contribution < -0.4 is 16.3 Å². The van der Waals surface area contributed by atoms with Crippen molar-refractivity contribution in [3.63, 3.8) is 0 Å². The van der Waals surface area contributed by atoms with Crippen LogP contribution in [0.4, 0.5) is 5.82 Å². The van der Waals surface area contributed by atoms with Crippen LogP contribution in [0.25, 0.3) is 29.3 Å². The summed E-state index contributed by atoms with van der Waals surface area (Å²) in [6.45, 7) is 8.53. The predicted octanol–water partition coefficient (Wildman–Crippen LogP) is 2.28. The lowest BCUT2D eigenvalue weighted by atomic mass is 10.1. The van der Waals surface area contributed by atoms with Crippen LogP contribution in [0.15, 0.2) is 22.7 Å². The molecule has 11 heteroatoms. The van der Waals surface area contributed by atoms with Gasteiger partial charge in [0.2, 0.25) is 5.95 Å². The van der Waals surface area contributed by atoms with Crippen molar-refractivity contribution in [1.82, 2.24) is 34.4 Å². The van der Waals surface area contributed by atoms with Crippen LogP contribution in [0.1, 0.15) is 37.2 Å². The first-order valence-corrected chi connectivity index (χ1v) is 11.0. The second-order valence-electron chi connectivity index (χ2n) is 8.03. The molecule has 2 saturated heterocycles. The van der Waals surface area contributed by atoms with E-state index in [9.17, 15) is 4.79 Å². The third-order valence-electron chi connectivity index (χ3n) is 5.81. The highest BCUT2D eigenvalue weighted by molar-refractivity contribution is 6.31. The van der Waals surface area contributed by atoms with Crippen LogP contribution in [0, 0.1) is 0 Å². The molecule has 3 N–H and O–H groups in total. The molecular formula is C21H25ClN8O2. The van der Waals surface area contributed by atoms with Gasteiger partial charge in [-0.15, -0.1) is 0 Å². The average Bonchev–Trinajstić information content (AvgIpc) is 3.30. The van der Waals surface area contributed by atoms with E-state index in [1.807, 2.05) is 0 Å². The van der Waals surface area contributed by atoms with E-state index in [4.69, 9.17) is 26.3 Å². The lowest BCUT2D eigenvalue weighted by Gasteiger charge is -2.28. The summed E-state index contributed by atoms with van der Waals surface area (Å²) in [6.07, 6.45) is 6.61. The minimum Gasteiger partial charge on any atom is -0.381 e. The molecule has 0 unspecified atom stereocenters. The van der Waals surface area contributed by atoms with E-state index in [1.54, 1.807) is 34.5 Å². The van der Waals surface area contributed by atoms with E-state index in [0.717, 1.165) is 31.6 Å². The summed E-state index contributed by atoms with van der Waals surface area (Å²) in [7, 11) is 0. The van der Waals surface area contributed by atoms with Gasteiger partial charge >= 0.3 is 5.69 Å². The molecule has 0 atom stereocenters. The highest BCUT2D eigenvalue weighted by Crippen LogP contribution is 2.27. The second kappa shape index (κ2) is 8.53. The SMILES string of the molecule is C=Cc1ncn(-c2nc(NC3CNC3)c3[nH]c(=O)n(C4CCOCC4)c3n2)c1C=C(C)Cl. The molecule has 0 bridgehead atoms. The van der Waals surface area contributed by atoms with Crippen molar-refractivity contribution in [2.24, 2.45) is 0 Å². The smallest absolute Gasteiger partial charge is 0.328 e. The van der Waals surface area contributed by atoms with Gasteiger partial charge in [-0.3, -0.25) is 9.13 Å². The average molecular weight is 457 g/mol. The topological polar surface area (TPSA) is 115 Å². The first-order valence-electron chi connectivity index (χ1n) is 10.7. The van der Waals surface area contributed by atoms with Gasteiger partial charge in [0.05, 0.1) is 17.4 Å². The number of nitrogens with zero attached hydrogens (tertiary/aromatic N) is 5. The Kier molecular flexibility index (Phi) is 5.58. The first kappa shape index (κ1) is 20.9. The Morgan fingerprint density at radius 3 is 2.78 bits per heavy atom. The highest BCUT2D eigenvalue weighted by atomic mass is 35.5. The molecule has 32 heavy (non-hydrogen) atoms. The van der Waals surface area contributed by atoms with Crippen molar-refractivity contribution in [2.75, 3.05) is 31.6 Å². The Morgan fingerprint density at radius 2 is 2.12 bits per heavy atom. The number of hydrogen-bond donors (Lipinski definition) is 3. The number of halogens is 1. The van der Waals surface area contributed by atoms with Crippen LogP contribution in [-0.2, 0) is 4.74 Å². The zero-order valence-electron chi connectivity index (χ0n) is 17.8. The maximum atomic E-state index is 13.0. The minimum atomic E-state index is -0.192. The first-order chi connectivity index (χ1) is 15.5. The van der Waals surface area contributed by atoms with Gasteiger partial charge in [-0.1, -0.05) is 18.2 Å². The van der Waals surface area contributed by atoms with Crippen molar-refractivity contribution in [3.05, 3.63) is 39.8 Å². The van der Waals surface area contributed by atoms with E-state index in [1.165, 1.54) is 0 Å². The number of aromatic amines is 1. The molecule has 10 nitrogen and oxygen atoms in total. The molecular weight excluding hydrogens is 432 g/mol. The van der Waals surface area contributed by atoms with Crippen LogP contribution in [-0.4, -0.2) is 61.4 Å². The number of rotatable bonds is 6. The fraction of sp³-hybridized carbons (Fsp3) is 0.429. The highest BCUT2D eigenvalue weighted by Gasteiger charge is 2.26. The van der Waals surface area contributed by atoms with E-state index in [2.05, 4.69) is 27.2 Å². The van der Waals surface area contributed by atoms with Crippen molar-refractivity contribution in [1.29, 1.82) is 0 Å². The molecule has 0 radical (unpaired) electrons. The number of nitrogens with one attached hydrogen (secondary N) is 3. The Hall–Kier alpha value is -2.95. The predicted molar refractivity (Wildman–Crippen MR) is 124 cm³/mol. The van der Waals surface area contributed by atoms with Crippen LogP contribution in [0.3, 0.4) is 0 Å². The number of imidazole rings is 2. The number of H-pyrrole nitrogens is 1. The van der Waals surface area contributed by atoms with Crippen molar-refractivity contribution < 1.29 is 4.74 Å². The molecule has 3 aromatic rings. The Bertz CT molecular complexity index is 1240. The molecule has 0 spiro atoms. The van der Waals surface area contributed by atoms with E-state index < -0.39 is 0 Å². The van der Waals surface area contributed by atoms with Crippen LogP contribution in [0.2, 0.25) is 0 Å². The molecule has 2 fully saturated rings. The number of ether oxygens (including phenoxy) is 1. The van der Waals surface area contributed by atoms with Gasteiger partial charge in [-0.05, 0) is 31.9 Å². The summed E-state index contributed by atoms with van der Waals surface area (Å²) in [5, 5.41) is 7.27. The molecule has 5 heterocycles. The lowest BCUT2D eigenvalue weighted by molar-refractivity contribution is 0.0697. The normalized spacial score (nSPS) is 18.1. The van der Waals surface area contributed by atoms with E-state index in [-0.39, 0.29) is 17.8 Å². The summed E-state index contributed by atoms with van der Waals surface area (Å²) < 4.78 is 8.99. The zero-order valence-corrected chi connectivity index (χ0v) is 18.5. The molecule has 0 amide bonds. The number of allylic oxidation sites excluding steroid dienone is 1. The fourth-order valence-electron chi connectivity index (χ4n) is 4.09. The zero-order chi connectivity index (χ0) is 22.2. The standard InChI is InChI=1S/C21H25ClN8O2/c1-3-15-16(8-12(2)22)29(11-24-15)20-27-18(25-13-9-23-10-13)17-19(28-20)30(21(31)26-17)14-4-6-32-7-5-14/h3,8,11,13-14,23H,1,4-7,9-10H2,2H3,(H,26,31)(H,25,27,28).